The molecular formula is C23H33NO7. The lowest BCUT2D eigenvalue weighted by molar-refractivity contribution is -0.150. The Bertz CT molecular complexity index is 761. The summed E-state index contributed by atoms with van der Waals surface area (Å²) in [6, 6.07) is 0. The standard InChI is InChI=1S/C17H25NO5.C6H8O2/c1-6-8-11(18-23-9-7-2)13-12(19)10-17(3,4)14(15(13)20)16(21)22-5;7-5-3-1-2-4-6(5)8/h7,14,20H,2,6,8-10H2,1,3-5H3;1-4H2/b18-11+;. The van der Waals surface area contributed by atoms with Gasteiger partial charge in [-0.1, -0.05) is 45.0 Å². The Hall–Kier alpha value is -2.77. The van der Waals surface area contributed by atoms with E-state index in [0.717, 1.165) is 12.8 Å². The normalized spacial score (nSPS) is 21.2. The third-order valence-electron chi connectivity index (χ3n) is 5.15. The molecule has 0 aromatic carbocycles. The van der Waals surface area contributed by atoms with Gasteiger partial charge in [-0.15, -0.1) is 0 Å². The van der Waals surface area contributed by atoms with Crippen LogP contribution in [-0.2, 0) is 28.8 Å². The van der Waals surface area contributed by atoms with Gasteiger partial charge in [-0.2, -0.15) is 0 Å². The lowest BCUT2D eigenvalue weighted by Crippen LogP contribution is -2.41. The van der Waals surface area contributed by atoms with Crippen molar-refractivity contribution < 1.29 is 33.9 Å². The van der Waals surface area contributed by atoms with Gasteiger partial charge in [0.25, 0.3) is 0 Å². The number of aliphatic hydroxyl groups excluding tert-OH is 1. The lowest BCUT2D eigenvalue weighted by Gasteiger charge is -2.36. The van der Waals surface area contributed by atoms with E-state index in [-0.39, 0.29) is 41.7 Å². The molecule has 1 unspecified atom stereocenters. The van der Waals surface area contributed by atoms with Crippen molar-refractivity contribution in [1.29, 1.82) is 0 Å². The predicted molar refractivity (Wildman–Crippen MR) is 116 cm³/mol. The monoisotopic (exact) mass is 435 g/mol. The molecular weight excluding hydrogens is 402 g/mol. The minimum absolute atomic E-state index is 0.0747. The first-order chi connectivity index (χ1) is 14.6. The molecule has 1 N–H and O–H groups in total. The number of nitrogens with zero attached hydrogens (tertiary/aromatic N) is 1. The molecule has 2 aliphatic rings. The van der Waals surface area contributed by atoms with Crippen LogP contribution in [0.1, 0.15) is 65.7 Å². The molecule has 0 aliphatic heterocycles. The van der Waals surface area contributed by atoms with Crippen LogP contribution in [0.3, 0.4) is 0 Å². The molecule has 0 radical (unpaired) electrons. The number of aliphatic hydroxyl groups is 1. The van der Waals surface area contributed by atoms with Crippen molar-refractivity contribution in [3.05, 3.63) is 24.0 Å². The highest BCUT2D eigenvalue weighted by Gasteiger charge is 2.47. The van der Waals surface area contributed by atoms with E-state index in [1.54, 1.807) is 13.8 Å². The fourth-order valence-electron chi connectivity index (χ4n) is 3.59. The zero-order valence-electron chi connectivity index (χ0n) is 18.9. The molecule has 2 rings (SSSR count). The van der Waals surface area contributed by atoms with Crippen LogP contribution in [0, 0.1) is 11.3 Å². The summed E-state index contributed by atoms with van der Waals surface area (Å²) < 4.78 is 4.79. The van der Waals surface area contributed by atoms with E-state index in [0.29, 0.717) is 31.4 Å². The number of esters is 1. The minimum atomic E-state index is -0.901. The molecule has 0 aromatic heterocycles. The van der Waals surface area contributed by atoms with Crippen LogP contribution in [0.5, 0.6) is 0 Å². The molecule has 31 heavy (non-hydrogen) atoms. The van der Waals surface area contributed by atoms with Gasteiger partial charge in [-0.05, 0) is 24.7 Å². The van der Waals surface area contributed by atoms with Crippen LogP contribution in [0.2, 0.25) is 0 Å². The van der Waals surface area contributed by atoms with Crippen molar-refractivity contribution in [3.63, 3.8) is 0 Å². The average Bonchev–Trinajstić information content (AvgIpc) is 2.69. The largest absolute Gasteiger partial charge is 0.511 e. The van der Waals surface area contributed by atoms with Gasteiger partial charge in [-0.25, -0.2) is 0 Å². The van der Waals surface area contributed by atoms with Gasteiger partial charge in [-0.3, -0.25) is 19.2 Å². The molecule has 1 atom stereocenters. The van der Waals surface area contributed by atoms with E-state index >= 15 is 0 Å². The first-order valence-corrected chi connectivity index (χ1v) is 10.5. The second-order valence-electron chi connectivity index (χ2n) is 8.23. The molecule has 8 nitrogen and oxygen atoms in total. The third-order valence-corrected chi connectivity index (χ3v) is 5.15. The zero-order valence-corrected chi connectivity index (χ0v) is 18.9. The molecule has 172 valence electrons. The smallest absolute Gasteiger partial charge is 0.316 e. The highest BCUT2D eigenvalue weighted by atomic mass is 16.6. The van der Waals surface area contributed by atoms with Crippen LogP contribution >= 0.6 is 0 Å². The number of allylic oxidation sites excluding steroid dienone is 1. The average molecular weight is 436 g/mol. The van der Waals surface area contributed by atoms with Gasteiger partial charge in [0, 0.05) is 19.3 Å². The lowest BCUT2D eigenvalue weighted by atomic mass is 9.67. The van der Waals surface area contributed by atoms with E-state index in [9.17, 15) is 24.3 Å². The molecule has 0 aromatic rings. The van der Waals surface area contributed by atoms with Gasteiger partial charge in [0.15, 0.2) is 17.3 Å². The Balaban J connectivity index is 0.000000500. The Morgan fingerprint density at radius 1 is 1.19 bits per heavy atom. The van der Waals surface area contributed by atoms with E-state index in [1.807, 2.05) is 6.92 Å². The summed E-state index contributed by atoms with van der Waals surface area (Å²) in [7, 11) is 1.26. The van der Waals surface area contributed by atoms with Crippen molar-refractivity contribution in [2.75, 3.05) is 13.7 Å². The second-order valence-corrected chi connectivity index (χ2v) is 8.23. The SMILES string of the molecule is C=CCO/N=C(\CCC)C1=C(O)C(C(=O)OC)C(C)(C)CC1=O.O=C1CCCCC1=O. The van der Waals surface area contributed by atoms with Gasteiger partial charge in [0.05, 0.1) is 18.4 Å². The predicted octanol–water partition coefficient (Wildman–Crippen LogP) is 3.64. The number of hydrogen-bond acceptors (Lipinski definition) is 8. The van der Waals surface area contributed by atoms with E-state index in [1.165, 1.54) is 13.2 Å². The van der Waals surface area contributed by atoms with Gasteiger partial charge in [0.2, 0.25) is 0 Å². The van der Waals surface area contributed by atoms with Crippen molar-refractivity contribution in [3.8, 4) is 0 Å². The van der Waals surface area contributed by atoms with E-state index in [4.69, 9.17) is 9.57 Å². The molecule has 2 aliphatic carbocycles. The summed E-state index contributed by atoms with van der Waals surface area (Å²) in [4.78, 5) is 50.5. The highest BCUT2D eigenvalue weighted by molar-refractivity contribution is 6.37. The van der Waals surface area contributed by atoms with Crippen molar-refractivity contribution in [1.82, 2.24) is 0 Å². The molecule has 0 saturated heterocycles. The second kappa shape index (κ2) is 12.2. The van der Waals surface area contributed by atoms with Gasteiger partial charge >= 0.3 is 5.97 Å². The molecule has 0 amide bonds. The summed E-state index contributed by atoms with van der Waals surface area (Å²) >= 11 is 0. The number of hydrogen-bond donors (Lipinski definition) is 1. The van der Waals surface area contributed by atoms with Crippen molar-refractivity contribution in [2.45, 2.75) is 65.7 Å². The van der Waals surface area contributed by atoms with Crippen molar-refractivity contribution in [2.24, 2.45) is 16.5 Å². The number of carbonyl (C=O) groups excluding carboxylic acids is 4. The molecule has 0 bridgehead atoms. The highest BCUT2D eigenvalue weighted by Crippen LogP contribution is 2.42. The molecule has 1 fully saturated rings. The Kier molecular flexibility index (Phi) is 10.3. The Morgan fingerprint density at radius 2 is 1.77 bits per heavy atom. The Morgan fingerprint density at radius 3 is 2.23 bits per heavy atom. The zero-order chi connectivity index (χ0) is 23.6. The maximum Gasteiger partial charge on any atom is 0.316 e. The summed E-state index contributed by atoms with van der Waals surface area (Å²) in [5, 5.41) is 14.5. The van der Waals surface area contributed by atoms with Crippen LogP contribution in [-0.4, -0.2) is 47.9 Å². The quantitative estimate of drug-likeness (QED) is 0.162. The fourth-order valence-corrected chi connectivity index (χ4v) is 3.59. The third kappa shape index (κ3) is 7.15. The van der Waals surface area contributed by atoms with Crippen LogP contribution < -0.4 is 0 Å². The number of Topliss-reactive ketones (excluding diaryl/α,β-unsaturated/α-hetero) is 3. The fraction of sp³-hybridized carbons (Fsp3) is 0.609. The first-order valence-electron chi connectivity index (χ1n) is 10.5. The molecule has 8 heteroatoms. The maximum absolute atomic E-state index is 12.5. The number of carbonyl (C=O) groups is 4. The first kappa shape index (κ1) is 26.3. The summed E-state index contributed by atoms with van der Waals surface area (Å²) in [5.41, 5.74) is -0.302. The molecule has 0 spiro atoms. The number of ether oxygens (including phenoxy) is 1. The molecule has 0 heterocycles. The number of ketones is 3. The van der Waals surface area contributed by atoms with Gasteiger partial charge in [0.1, 0.15) is 18.3 Å². The van der Waals surface area contributed by atoms with Crippen LogP contribution in [0.15, 0.2) is 29.1 Å². The van der Waals surface area contributed by atoms with Gasteiger partial charge < -0.3 is 14.7 Å². The molecule has 1 saturated carbocycles. The van der Waals surface area contributed by atoms with Crippen molar-refractivity contribution >= 4 is 29.0 Å². The summed E-state index contributed by atoms with van der Waals surface area (Å²) in [6.07, 6.45) is 5.61. The van der Waals surface area contributed by atoms with E-state index in [2.05, 4.69) is 11.7 Å². The van der Waals surface area contributed by atoms with Crippen LogP contribution in [0.4, 0.5) is 0 Å². The summed E-state index contributed by atoms with van der Waals surface area (Å²) in [6.45, 7) is 9.16. The van der Waals surface area contributed by atoms with Crippen LogP contribution in [0.25, 0.3) is 0 Å². The maximum atomic E-state index is 12.5. The number of methoxy groups -OCH3 is 1. The summed E-state index contributed by atoms with van der Waals surface area (Å²) in [5.74, 6) is -2.34. The topological polar surface area (TPSA) is 119 Å². The Labute approximate surface area is 183 Å². The number of oxime groups is 1. The van der Waals surface area contributed by atoms with E-state index < -0.39 is 17.3 Å². The number of rotatable bonds is 7. The minimum Gasteiger partial charge on any atom is -0.511 e.